The van der Waals surface area contributed by atoms with E-state index in [0.29, 0.717) is 0 Å². The fourth-order valence-corrected chi connectivity index (χ4v) is 3.66. The number of rotatable bonds is 0. The molecule has 2 aliphatic rings. The van der Waals surface area contributed by atoms with E-state index < -0.39 is 0 Å². The number of hydrogen-bond acceptors (Lipinski definition) is 10. The molecule has 0 unspecified atom stereocenters. The molecule has 2 heterocycles. The van der Waals surface area contributed by atoms with Gasteiger partial charge in [-0.1, -0.05) is 0 Å². The van der Waals surface area contributed by atoms with Crippen LogP contribution in [-0.4, -0.2) is 131 Å². The van der Waals surface area contributed by atoms with E-state index in [1.807, 2.05) is 0 Å². The van der Waals surface area contributed by atoms with Crippen LogP contribution >= 0.6 is 0 Å². The van der Waals surface area contributed by atoms with Crippen LogP contribution in [-0.2, 0) is 17.1 Å². The van der Waals surface area contributed by atoms with E-state index >= 15 is 0 Å². The van der Waals surface area contributed by atoms with Gasteiger partial charge in [0.2, 0.25) is 0 Å². The first kappa shape index (κ1) is 42.2. The van der Waals surface area contributed by atoms with Gasteiger partial charge in [-0.25, -0.2) is 0 Å². The maximum Gasteiger partial charge on any atom is 2.00 e. The summed E-state index contributed by atoms with van der Waals surface area (Å²) < 4.78 is 0. The molecule has 13 heteroatoms. The summed E-state index contributed by atoms with van der Waals surface area (Å²) in [5, 5.41) is 34.4. The van der Waals surface area contributed by atoms with Crippen LogP contribution in [0.3, 0.4) is 0 Å². The van der Waals surface area contributed by atoms with Gasteiger partial charge in [0.1, 0.15) is 0 Å². The molecule has 2 rings (SSSR count). The Balaban J connectivity index is -0.000000578. The van der Waals surface area contributed by atoms with Gasteiger partial charge < -0.3 is 78.0 Å². The van der Waals surface area contributed by atoms with Crippen LogP contribution in [0.25, 0.3) is 0 Å². The molecule has 0 bridgehead atoms. The van der Waals surface area contributed by atoms with Gasteiger partial charge >= 0.3 is 17.1 Å². The normalized spacial score (nSPS) is 22.1. The Labute approximate surface area is 251 Å². The molecular weight excluding hydrogens is 554 g/mol. The van der Waals surface area contributed by atoms with Crippen molar-refractivity contribution < 1.29 is 41.9 Å². The van der Waals surface area contributed by atoms with Crippen LogP contribution in [0.15, 0.2) is 0 Å². The third-order valence-corrected chi connectivity index (χ3v) is 5.70. The minimum absolute atomic E-state index is 0. The van der Waals surface area contributed by atoms with Gasteiger partial charge in [-0.2, -0.15) is 0 Å². The molecule has 1 radical (unpaired) electrons. The molecule has 0 aromatic carbocycles. The third kappa shape index (κ3) is 36.7. The smallest absolute Gasteiger partial charge is 1.00 e. The predicted molar refractivity (Wildman–Crippen MR) is 147 cm³/mol. The summed E-state index contributed by atoms with van der Waals surface area (Å²) in [5.41, 5.74) is 0. The zero-order chi connectivity index (χ0) is 24.0. The Morgan fingerprint density at radius 1 is 0.189 bits per heavy atom. The molecular formula is C24H58Cl2MnN10. The molecule has 10 nitrogen and oxygen atoms in total. The molecule has 0 spiro atoms. The van der Waals surface area contributed by atoms with Gasteiger partial charge in [0.05, 0.1) is 0 Å². The molecule has 0 atom stereocenters. The van der Waals surface area contributed by atoms with E-state index in [9.17, 15) is 0 Å². The maximum atomic E-state index is 3.45. The van der Waals surface area contributed by atoms with Crippen molar-refractivity contribution in [2.45, 2.75) is 25.7 Å². The second-order valence-corrected chi connectivity index (χ2v) is 8.91. The second kappa shape index (κ2) is 38.8. The molecule has 0 amide bonds. The van der Waals surface area contributed by atoms with Gasteiger partial charge in [-0.3, -0.25) is 0 Å². The second-order valence-electron chi connectivity index (χ2n) is 8.91. The number of halogens is 2. The Morgan fingerprint density at radius 3 is 0.432 bits per heavy atom. The van der Waals surface area contributed by atoms with Crippen molar-refractivity contribution in [3.63, 3.8) is 0 Å². The van der Waals surface area contributed by atoms with E-state index in [-0.39, 0.29) is 41.9 Å². The fourth-order valence-electron chi connectivity index (χ4n) is 3.66. The molecule has 37 heavy (non-hydrogen) atoms. The Morgan fingerprint density at radius 2 is 0.297 bits per heavy atom. The zero-order valence-electron chi connectivity index (χ0n) is 23.1. The van der Waals surface area contributed by atoms with Gasteiger partial charge in [0.15, 0.2) is 0 Å². The molecule has 2 saturated heterocycles. The Bertz CT molecular complexity index is 220. The van der Waals surface area contributed by atoms with Crippen LogP contribution in [0.4, 0.5) is 0 Å². The van der Waals surface area contributed by atoms with Gasteiger partial charge in [-0.15, -0.1) is 0 Å². The van der Waals surface area contributed by atoms with E-state index in [4.69, 9.17) is 0 Å². The molecule has 0 aliphatic carbocycles. The Kier molecular flexibility index (Phi) is 44.3. The van der Waals surface area contributed by atoms with Gasteiger partial charge in [0.25, 0.3) is 0 Å². The van der Waals surface area contributed by atoms with Gasteiger partial charge in [0, 0.05) is 78.5 Å². The third-order valence-electron chi connectivity index (χ3n) is 5.70. The molecule has 2 fully saturated rings. The summed E-state index contributed by atoms with van der Waals surface area (Å²) in [6, 6.07) is 0. The zero-order valence-corrected chi connectivity index (χ0v) is 25.8. The van der Waals surface area contributed by atoms with E-state index in [2.05, 4.69) is 53.2 Å². The maximum absolute atomic E-state index is 3.45. The van der Waals surface area contributed by atoms with Crippen LogP contribution < -0.4 is 78.0 Å². The van der Waals surface area contributed by atoms with Crippen molar-refractivity contribution in [3.8, 4) is 0 Å². The SMILES string of the molecule is C1CNCCNCCCNCCNCCNC1.C1CNCCNCCCNCCNCCNC1.[Cl-].[Cl-].[Mn+2]. The molecule has 0 aromatic rings. The number of nitrogens with one attached hydrogen (secondary N) is 10. The predicted octanol–water partition coefficient (Wildman–Crippen LogP) is -8.54. The van der Waals surface area contributed by atoms with Crippen molar-refractivity contribution in [1.82, 2.24) is 53.2 Å². The molecule has 0 saturated carbocycles. The van der Waals surface area contributed by atoms with E-state index in [0.717, 1.165) is 131 Å². The minimum Gasteiger partial charge on any atom is -1.00 e. The standard InChI is InChI=1S/2C12H29N5.2ClH.Mn/c2*1-3-13-7-8-14-4-2-6-16-10-12-17-11-9-15-5-1;;;/h2*13-17H,1-12H2;2*1H;/q;;;;+2/p-2. The summed E-state index contributed by atoms with van der Waals surface area (Å²) in [5.74, 6) is 0. The van der Waals surface area contributed by atoms with Crippen molar-refractivity contribution in [1.29, 1.82) is 0 Å². The van der Waals surface area contributed by atoms with Crippen molar-refractivity contribution in [3.05, 3.63) is 0 Å². The van der Waals surface area contributed by atoms with E-state index in [1.54, 1.807) is 0 Å². The average molecular weight is 613 g/mol. The largest absolute Gasteiger partial charge is 2.00 e. The molecule has 0 aromatic heterocycles. The molecule has 2 aliphatic heterocycles. The molecule has 10 N–H and O–H groups in total. The molecule has 225 valence electrons. The summed E-state index contributed by atoms with van der Waals surface area (Å²) >= 11 is 0. The Hall–Kier alpha value is 0.699. The fraction of sp³-hybridized carbons (Fsp3) is 1.00. The number of hydrogen-bond donors (Lipinski definition) is 10. The van der Waals surface area contributed by atoms with Gasteiger partial charge in [-0.05, 0) is 78.0 Å². The summed E-state index contributed by atoms with van der Waals surface area (Å²) in [6.45, 7) is 21.8. The van der Waals surface area contributed by atoms with Crippen molar-refractivity contribution >= 4 is 0 Å². The monoisotopic (exact) mass is 611 g/mol. The summed E-state index contributed by atoms with van der Waals surface area (Å²) in [4.78, 5) is 0. The first-order valence-corrected chi connectivity index (χ1v) is 14.1. The first-order valence-electron chi connectivity index (χ1n) is 14.1. The average Bonchev–Trinajstić information content (AvgIpc) is 2.86. The van der Waals surface area contributed by atoms with E-state index in [1.165, 1.54) is 25.7 Å². The van der Waals surface area contributed by atoms with Crippen LogP contribution in [0.5, 0.6) is 0 Å². The quantitative estimate of drug-likeness (QED) is 0.121. The van der Waals surface area contributed by atoms with Crippen molar-refractivity contribution in [2.24, 2.45) is 0 Å². The topological polar surface area (TPSA) is 120 Å². The van der Waals surface area contributed by atoms with Crippen molar-refractivity contribution in [2.75, 3.05) is 131 Å². The summed E-state index contributed by atoms with van der Waals surface area (Å²) in [7, 11) is 0. The van der Waals surface area contributed by atoms with Crippen LogP contribution in [0.1, 0.15) is 25.7 Å². The summed E-state index contributed by atoms with van der Waals surface area (Å²) in [6.07, 6.45) is 4.84. The first-order chi connectivity index (χ1) is 17.0. The minimum atomic E-state index is 0. The van der Waals surface area contributed by atoms with Crippen LogP contribution in [0.2, 0.25) is 0 Å². The van der Waals surface area contributed by atoms with Crippen LogP contribution in [0, 0.1) is 0 Å².